The molecular weight excluding hydrogens is 242 g/mol. The lowest BCUT2D eigenvalue weighted by Crippen LogP contribution is -2.12. The minimum atomic E-state index is -0.942. The zero-order chi connectivity index (χ0) is 14.2. The normalized spacial score (nSPS) is 10.5. The molecular formula is C15H15NO3. The Morgan fingerprint density at radius 1 is 1.05 bits per heavy atom. The molecule has 2 aromatic rings. The Hall–Kier alpha value is -2.36. The van der Waals surface area contributed by atoms with E-state index in [1.807, 2.05) is 25.3 Å². The molecule has 1 heterocycles. The van der Waals surface area contributed by atoms with Crippen LogP contribution >= 0.6 is 0 Å². The highest BCUT2D eigenvalue weighted by Gasteiger charge is 2.09. The summed E-state index contributed by atoms with van der Waals surface area (Å²) in [7, 11) is 0. The molecule has 0 aliphatic heterocycles. The van der Waals surface area contributed by atoms with Crippen molar-refractivity contribution in [1.82, 2.24) is 4.57 Å². The highest BCUT2D eigenvalue weighted by Crippen LogP contribution is 2.19. The summed E-state index contributed by atoms with van der Waals surface area (Å²) >= 11 is 0. The molecule has 0 bridgehead atoms. The number of aromatic carboxylic acids is 1. The SMILES string of the molecule is Cc1cc(C(=O)O)ccc1-n1c(C)cc(=O)cc1C. The van der Waals surface area contributed by atoms with Gasteiger partial charge in [-0.1, -0.05) is 0 Å². The summed E-state index contributed by atoms with van der Waals surface area (Å²) in [4.78, 5) is 22.4. The monoisotopic (exact) mass is 257 g/mol. The topological polar surface area (TPSA) is 59.3 Å². The van der Waals surface area contributed by atoms with Crippen molar-refractivity contribution in [3.8, 4) is 5.69 Å². The van der Waals surface area contributed by atoms with Crippen molar-refractivity contribution < 1.29 is 9.90 Å². The van der Waals surface area contributed by atoms with Gasteiger partial charge in [0.25, 0.3) is 0 Å². The molecule has 0 spiro atoms. The van der Waals surface area contributed by atoms with E-state index in [1.165, 1.54) is 0 Å². The molecule has 2 rings (SSSR count). The molecule has 19 heavy (non-hydrogen) atoms. The van der Waals surface area contributed by atoms with Gasteiger partial charge >= 0.3 is 5.97 Å². The molecule has 0 saturated heterocycles. The van der Waals surface area contributed by atoms with E-state index in [1.54, 1.807) is 30.3 Å². The number of carboxylic acids is 1. The number of carboxylic acid groups (broad SMARTS) is 1. The molecule has 1 aromatic carbocycles. The van der Waals surface area contributed by atoms with Gasteiger partial charge in [0.2, 0.25) is 0 Å². The summed E-state index contributed by atoms with van der Waals surface area (Å²) in [5.41, 5.74) is 3.64. The van der Waals surface area contributed by atoms with Gasteiger partial charge in [-0.2, -0.15) is 0 Å². The van der Waals surface area contributed by atoms with Gasteiger partial charge in [-0.05, 0) is 44.5 Å². The second kappa shape index (κ2) is 4.72. The Balaban J connectivity index is 2.66. The fourth-order valence-corrected chi connectivity index (χ4v) is 2.28. The van der Waals surface area contributed by atoms with Gasteiger partial charge in [0, 0.05) is 29.2 Å². The second-order valence-electron chi connectivity index (χ2n) is 4.62. The maximum absolute atomic E-state index is 11.4. The zero-order valence-corrected chi connectivity index (χ0v) is 11.1. The van der Waals surface area contributed by atoms with Crippen LogP contribution in [-0.4, -0.2) is 15.6 Å². The standard InChI is InChI=1S/C15H15NO3/c1-9-6-12(15(18)19)4-5-14(9)16-10(2)7-13(17)8-11(16)3/h4-8H,1-3H3,(H,18,19). The van der Waals surface area contributed by atoms with Crippen LogP contribution in [0.15, 0.2) is 35.1 Å². The van der Waals surface area contributed by atoms with E-state index < -0.39 is 5.97 Å². The third-order valence-corrected chi connectivity index (χ3v) is 3.09. The number of aryl methyl sites for hydroxylation is 3. The third-order valence-electron chi connectivity index (χ3n) is 3.09. The van der Waals surface area contributed by atoms with Crippen molar-refractivity contribution in [3.63, 3.8) is 0 Å². The van der Waals surface area contributed by atoms with E-state index in [-0.39, 0.29) is 11.0 Å². The highest BCUT2D eigenvalue weighted by molar-refractivity contribution is 5.88. The predicted octanol–water partition coefficient (Wildman–Crippen LogP) is 2.46. The Labute approximate surface area is 110 Å². The van der Waals surface area contributed by atoms with Gasteiger partial charge in [0.15, 0.2) is 5.43 Å². The highest BCUT2D eigenvalue weighted by atomic mass is 16.4. The van der Waals surface area contributed by atoms with Crippen molar-refractivity contribution in [2.45, 2.75) is 20.8 Å². The van der Waals surface area contributed by atoms with Gasteiger partial charge in [0.05, 0.1) is 5.56 Å². The Morgan fingerprint density at radius 2 is 1.63 bits per heavy atom. The number of pyridine rings is 1. The molecule has 4 heteroatoms. The molecule has 0 fully saturated rings. The fraction of sp³-hybridized carbons (Fsp3) is 0.200. The number of rotatable bonds is 2. The van der Waals surface area contributed by atoms with Crippen molar-refractivity contribution in [2.24, 2.45) is 0 Å². The molecule has 0 aliphatic rings. The van der Waals surface area contributed by atoms with E-state index in [4.69, 9.17) is 5.11 Å². The van der Waals surface area contributed by atoms with Gasteiger partial charge in [-0.15, -0.1) is 0 Å². The van der Waals surface area contributed by atoms with Crippen LogP contribution in [0.3, 0.4) is 0 Å². The predicted molar refractivity (Wildman–Crippen MR) is 73.2 cm³/mol. The summed E-state index contributed by atoms with van der Waals surface area (Å²) in [6.07, 6.45) is 0. The maximum Gasteiger partial charge on any atom is 0.335 e. The average molecular weight is 257 g/mol. The molecule has 1 N–H and O–H groups in total. The lowest BCUT2D eigenvalue weighted by atomic mass is 10.1. The van der Waals surface area contributed by atoms with Crippen LogP contribution in [0, 0.1) is 20.8 Å². The van der Waals surface area contributed by atoms with Crippen LogP contribution in [0.4, 0.5) is 0 Å². The number of hydrogen-bond donors (Lipinski definition) is 1. The summed E-state index contributed by atoms with van der Waals surface area (Å²) in [6.45, 7) is 5.58. The quantitative estimate of drug-likeness (QED) is 0.899. The lowest BCUT2D eigenvalue weighted by Gasteiger charge is -2.16. The first-order chi connectivity index (χ1) is 8.90. The molecule has 1 aromatic heterocycles. The Morgan fingerprint density at radius 3 is 2.11 bits per heavy atom. The minimum absolute atomic E-state index is 0.0222. The first-order valence-corrected chi connectivity index (χ1v) is 5.95. The second-order valence-corrected chi connectivity index (χ2v) is 4.62. The van der Waals surface area contributed by atoms with E-state index in [0.717, 1.165) is 22.6 Å². The average Bonchev–Trinajstić information content (AvgIpc) is 2.29. The molecule has 0 aliphatic carbocycles. The van der Waals surface area contributed by atoms with Gasteiger partial charge in [-0.3, -0.25) is 4.79 Å². The Kier molecular flexibility index (Phi) is 3.25. The third kappa shape index (κ3) is 2.42. The van der Waals surface area contributed by atoms with Crippen molar-refractivity contribution in [2.75, 3.05) is 0 Å². The first kappa shape index (κ1) is 13.1. The van der Waals surface area contributed by atoms with Crippen molar-refractivity contribution in [3.05, 3.63) is 63.1 Å². The molecule has 0 atom stereocenters. The Bertz CT molecular complexity index is 688. The van der Waals surface area contributed by atoms with E-state index in [9.17, 15) is 9.59 Å². The van der Waals surface area contributed by atoms with Crippen LogP contribution in [0.5, 0.6) is 0 Å². The van der Waals surface area contributed by atoms with E-state index >= 15 is 0 Å². The first-order valence-electron chi connectivity index (χ1n) is 5.95. The van der Waals surface area contributed by atoms with Crippen LogP contribution in [0.2, 0.25) is 0 Å². The molecule has 0 unspecified atom stereocenters. The molecule has 0 radical (unpaired) electrons. The van der Waals surface area contributed by atoms with Crippen LogP contribution in [-0.2, 0) is 0 Å². The summed E-state index contributed by atoms with van der Waals surface area (Å²) in [6, 6.07) is 8.11. The van der Waals surface area contributed by atoms with Crippen LogP contribution in [0.25, 0.3) is 5.69 Å². The molecule has 98 valence electrons. The van der Waals surface area contributed by atoms with Crippen LogP contribution in [0.1, 0.15) is 27.3 Å². The maximum atomic E-state index is 11.4. The van der Waals surface area contributed by atoms with Gasteiger partial charge in [0.1, 0.15) is 0 Å². The molecule has 0 amide bonds. The molecule has 0 saturated carbocycles. The van der Waals surface area contributed by atoms with Crippen molar-refractivity contribution >= 4 is 5.97 Å². The number of benzene rings is 1. The van der Waals surface area contributed by atoms with Crippen molar-refractivity contribution in [1.29, 1.82) is 0 Å². The summed E-state index contributed by atoms with van der Waals surface area (Å²) in [5.74, 6) is -0.942. The number of aromatic nitrogens is 1. The summed E-state index contributed by atoms with van der Waals surface area (Å²) in [5, 5.41) is 8.97. The van der Waals surface area contributed by atoms with Gasteiger partial charge in [-0.25, -0.2) is 4.79 Å². The number of carbonyl (C=O) groups is 1. The fourth-order valence-electron chi connectivity index (χ4n) is 2.28. The zero-order valence-electron chi connectivity index (χ0n) is 11.1. The number of hydrogen-bond acceptors (Lipinski definition) is 2. The van der Waals surface area contributed by atoms with E-state index in [0.29, 0.717) is 0 Å². The van der Waals surface area contributed by atoms with Gasteiger partial charge < -0.3 is 9.67 Å². The number of nitrogens with zero attached hydrogens (tertiary/aromatic N) is 1. The van der Waals surface area contributed by atoms with E-state index in [2.05, 4.69) is 0 Å². The minimum Gasteiger partial charge on any atom is -0.478 e. The largest absolute Gasteiger partial charge is 0.478 e. The smallest absolute Gasteiger partial charge is 0.335 e. The lowest BCUT2D eigenvalue weighted by molar-refractivity contribution is 0.0697. The van der Waals surface area contributed by atoms with Crippen LogP contribution < -0.4 is 5.43 Å². The summed E-state index contributed by atoms with van der Waals surface area (Å²) < 4.78 is 1.95. The molecule has 4 nitrogen and oxygen atoms in total.